The summed E-state index contributed by atoms with van der Waals surface area (Å²) in [6.07, 6.45) is 1.08. The van der Waals surface area contributed by atoms with Crippen molar-refractivity contribution in [3.63, 3.8) is 0 Å². The fourth-order valence-electron chi connectivity index (χ4n) is 1.70. The lowest BCUT2D eigenvalue weighted by molar-refractivity contribution is 0.101. The third kappa shape index (κ3) is 2.14. The van der Waals surface area contributed by atoms with Crippen LogP contribution >= 0.6 is 12.4 Å². The van der Waals surface area contributed by atoms with E-state index < -0.39 is 0 Å². The minimum Gasteiger partial charge on any atom is -0.312 e. The maximum absolute atomic E-state index is 11.1. The van der Waals surface area contributed by atoms with Crippen LogP contribution in [0, 0.1) is 0 Å². The monoisotopic (exact) mass is 211 g/mol. The zero-order valence-corrected chi connectivity index (χ0v) is 8.99. The molecule has 1 aliphatic rings. The fourth-order valence-corrected chi connectivity index (χ4v) is 1.70. The predicted octanol–water partition coefficient (Wildman–Crippen LogP) is 1.96. The van der Waals surface area contributed by atoms with E-state index in [2.05, 4.69) is 11.4 Å². The van der Waals surface area contributed by atoms with Gasteiger partial charge in [0.1, 0.15) is 0 Å². The van der Waals surface area contributed by atoms with E-state index in [9.17, 15) is 4.79 Å². The number of carbonyl (C=O) groups is 1. The highest BCUT2D eigenvalue weighted by Crippen LogP contribution is 2.15. The van der Waals surface area contributed by atoms with E-state index in [0.29, 0.717) is 0 Å². The number of carbonyl (C=O) groups excluding carboxylic acids is 1. The number of Topliss-reactive ketones (excluding diaryl/α,β-unsaturated/α-hetero) is 1. The van der Waals surface area contributed by atoms with Gasteiger partial charge in [0.15, 0.2) is 5.78 Å². The SMILES string of the molecule is CC(=O)c1ccc2c(c1)CNCC2.Cl. The van der Waals surface area contributed by atoms with Crippen LogP contribution in [-0.2, 0) is 13.0 Å². The largest absolute Gasteiger partial charge is 0.312 e. The smallest absolute Gasteiger partial charge is 0.159 e. The molecule has 0 radical (unpaired) electrons. The van der Waals surface area contributed by atoms with Gasteiger partial charge in [-0.2, -0.15) is 0 Å². The molecule has 0 fully saturated rings. The van der Waals surface area contributed by atoms with Crippen molar-refractivity contribution in [2.24, 2.45) is 0 Å². The number of hydrogen-bond acceptors (Lipinski definition) is 2. The molecule has 0 bridgehead atoms. The summed E-state index contributed by atoms with van der Waals surface area (Å²) < 4.78 is 0. The fraction of sp³-hybridized carbons (Fsp3) is 0.364. The third-order valence-corrected chi connectivity index (χ3v) is 2.50. The molecule has 1 heterocycles. The molecule has 14 heavy (non-hydrogen) atoms. The maximum Gasteiger partial charge on any atom is 0.159 e. The summed E-state index contributed by atoms with van der Waals surface area (Å²) in [5.74, 6) is 0.147. The second-order valence-electron chi connectivity index (χ2n) is 3.47. The molecule has 1 aliphatic heterocycles. The highest BCUT2D eigenvalue weighted by Gasteiger charge is 2.09. The van der Waals surface area contributed by atoms with Crippen molar-refractivity contribution in [3.8, 4) is 0 Å². The Morgan fingerprint density at radius 1 is 1.36 bits per heavy atom. The van der Waals surface area contributed by atoms with Gasteiger partial charge in [0, 0.05) is 12.1 Å². The third-order valence-electron chi connectivity index (χ3n) is 2.50. The maximum atomic E-state index is 11.1. The predicted molar refractivity (Wildman–Crippen MR) is 59.1 cm³/mol. The summed E-state index contributed by atoms with van der Waals surface area (Å²) in [6.45, 7) is 3.56. The van der Waals surface area contributed by atoms with E-state index in [1.165, 1.54) is 11.1 Å². The minimum absolute atomic E-state index is 0. The number of nitrogens with one attached hydrogen (secondary N) is 1. The molecule has 2 rings (SSSR count). The number of ketones is 1. The Hall–Kier alpha value is -0.860. The van der Waals surface area contributed by atoms with E-state index in [1.54, 1.807) is 6.92 Å². The van der Waals surface area contributed by atoms with Gasteiger partial charge in [-0.1, -0.05) is 12.1 Å². The van der Waals surface area contributed by atoms with E-state index in [-0.39, 0.29) is 18.2 Å². The van der Waals surface area contributed by atoms with Crippen LogP contribution in [0.25, 0.3) is 0 Å². The lowest BCUT2D eigenvalue weighted by atomic mass is 9.97. The van der Waals surface area contributed by atoms with Crippen molar-refractivity contribution >= 4 is 18.2 Å². The van der Waals surface area contributed by atoms with Gasteiger partial charge in [0.05, 0.1) is 0 Å². The first kappa shape index (κ1) is 11.2. The first-order chi connectivity index (χ1) is 6.27. The Bertz CT molecular complexity index is 349. The molecule has 0 saturated heterocycles. The summed E-state index contributed by atoms with van der Waals surface area (Å²) in [6, 6.07) is 6.00. The molecular formula is C11H14ClNO. The van der Waals surface area contributed by atoms with E-state index in [1.807, 2.05) is 12.1 Å². The van der Waals surface area contributed by atoms with Crippen LogP contribution in [0.4, 0.5) is 0 Å². The van der Waals surface area contributed by atoms with Gasteiger partial charge >= 0.3 is 0 Å². The Labute approximate surface area is 90.1 Å². The average molecular weight is 212 g/mol. The van der Waals surface area contributed by atoms with Gasteiger partial charge in [-0.15, -0.1) is 12.4 Å². The first-order valence-corrected chi connectivity index (χ1v) is 4.61. The zero-order valence-electron chi connectivity index (χ0n) is 8.17. The second kappa shape index (κ2) is 4.58. The number of fused-ring (bicyclic) bond motifs is 1. The van der Waals surface area contributed by atoms with E-state index >= 15 is 0 Å². The molecule has 2 nitrogen and oxygen atoms in total. The van der Waals surface area contributed by atoms with Gasteiger partial charge in [-0.3, -0.25) is 4.79 Å². The summed E-state index contributed by atoms with van der Waals surface area (Å²) in [4.78, 5) is 11.1. The molecule has 0 aliphatic carbocycles. The van der Waals surface area contributed by atoms with Crippen LogP contribution in [0.5, 0.6) is 0 Å². The van der Waals surface area contributed by atoms with Gasteiger partial charge in [0.2, 0.25) is 0 Å². The molecule has 0 aromatic heterocycles. The molecule has 76 valence electrons. The topological polar surface area (TPSA) is 29.1 Å². The quantitative estimate of drug-likeness (QED) is 0.720. The van der Waals surface area contributed by atoms with Crippen molar-refractivity contribution in [1.29, 1.82) is 0 Å². The van der Waals surface area contributed by atoms with Crippen LogP contribution in [-0.4, -0.2) is 12.3 Å². The molecule has 0 unspecified atom stereocenters. The van der Waals surface area contributed by atoms with Crippen molar-refractivity contribution in [2.45, 2.75) is 19.9 Å². The molecule has 1 aromatic carbocycles. The minimum atomic E-state index is 0. The Balaban J connectivity index is 0.000000980. The standard InChI is InChI=1S/C11H13NO.ClH/c1-8(13)10-3-2-9-4-5-12-7-11(9)6-10;/h2-3,6,12H,4-5,7H2,1H3;1H. The molecule has 0 atom stereocenters. The van der Waals surface area contributed by atoms with Gasteiger partial charge < -0.3 is 5.32 Å². The molecule has 0 amide bonds. The van der Waals surface area contributed by atoms with Gasteiger partial charge in [-0.25, -0.2) is 0 Å². The van der Waals surface area contributed by atoms with Crippen molar-refractivity contribution < 1.29 is 4.79 Å². The van der Waals surface area contributed by atoms with Crippen molar-refractivity contribution in [2.75, 3.05) is 6.54 Å². The van der Waals surface area contributed by atoms with Crippen molar-refractivity contribution in [3.05, 3.63) is 34.9 Å². The van der Waals surface area contributed by atoms with E-state index in [4.69, 9.17) is 0 Å². The normalized spacial score (nSPS) is 14.1. The lowest BCUT2D eigenvalue weighted by Gasteiger charge is -2.17. The summed E-state index contributed by atoms with van der Waals surface area (Å²) >= 11 is 0. The van der Waals surface area contributed by atoms with Crippen molar-refractivity contribution in [1.82, 2.24) is 5.32 Å². The molecular weight excluding hydrogens is 198 g/mol. The number of rotatable bonds is 1. The van der Waals surface area contributed by atoms with Gasteiger partial charge in [-0.05, 0) is 37.1 Å². The lowest BCUT2D eigenvalue weighted by Crippen LogP contribution is -2.23. The van der Waals surface area contributed by atoms with Crippen LogP contribution in [0.1, 0.15) is 28.4 Å². The van der Waals surface area contributed by atoms with E-state index in [0.717, 1.165) is 25.1 Å². The van der Waals surface area contributed by atoms with Crippen LogP contribution in [0.15, 0.2) is 18.2 Å². The molecule has 1 aromatic rings. The second-order valence-corrected chi connectivity index (χ2v) is 3.47. The summed E-state index contributed by atoms with van der Waals surface area (Å²) in [7, 11) is 0. The highest BCUT2D eigenvalue weighted by molar-refractivity contribution is 5.94. The highest BCUT2D eigenvalue weighted by atomic mass is 35.5. The zero-order chi connectivity index (χ0) is 9.26. The molecule has 0 saturated carbocycles. The molecule has 3 heteroatoms. The van der Waals surface area contributed by atoms with Crippen LogP contribution in [0.2, 0.25) is 0 Å². The first-order valence-electron chi connectivity index (χ1n) is 4.61. The summed E-state index contributed by atoms with van der Waals surface area (Å²) in [5.41, 5.74) is 3.48. The van der Waals surface area contributed by atoms with Gasteiger partial charge in [0.25, 0.3) is 0 Å². The Morgan fingerprint density at radius 2 is 2.14 bits per heavy atom. The number of halogens is 1. The average Bonchev–Trinajstić information content (AvgIpc) is 2.17. The molecule has 1 N–H and O–H groups in total. The van der Waals surface area contributed by atoms with Crippen LogP contribution in [0.3, 0.4) is 0 Å². The Morgan fingerprint density at radius 3 is 2.86 bits per heavy atom. The Kier molecular flexibility index (Phi) is 3.67. The number of hydrogen-bond donors (Lipinski definition) is 1. The summed E-state index contributed by atoms with van der Waals surface area (Å²) in [5, 5.41) is 3.30. The molecule has 0 spiro atoms. The van der Waals surface area contributed by atoms with Crippen LogP contribution < -0.4 is 5.32 Å². The number of benzene rings is 1.